The van der Waals surface area contributed by atoms with Gasteiger partial charge in [0.15, 0.2) is 0 Å². The standard InChI is InChI=1S/C17H15O/c1-3-7-14-12(5-1)9-10-17-15(14)11-13-6-2-4-8-16(13)18-17/h2,4,6,8-11H,1,3,5,7H2/q+1. The van der Waals surface area contributed by atoms with E-state index in [1.54, 1.807) is 0 Å². The summed E-state index contributed by atoms with van der Waals surface area (Å²) in [6.07, 6.45) is 5.04. The van der Waals surface area contributed by atoms with Crippen molar-refractivity contribution < 1.29 is 4.42 Å². The van der Waals surface area contributed by atoms with Gasteiger partial charge in [0, 0.05) is 12.1 Å². The Morgan fingerprint density at radius 1 is 0.833 bits per heavy atom. The molecule has 3 aromatic rings. The maximum absolute atomic E-state index is 6.01. The van der Waals surface area contributed by atoms with Crippen molar-refractivity contribution in [3.8, 4) is 0 Å². The third kappa shape index (κ3) is 1.43. The first-order valence-electron chi connectivity index (χ1n) is 6.68. The Labute approximate surface area is 106 Å². The van der Waals surface area contributed by atoms with Crippen molar-refractivity contribution in [3.63, 3.8) is 0 Å². The summed E-state index contributed by atoms with van der Waals surface area (Å²) < 4.78 is 6.01. The van der Waals surface area contributed by atoms with Crippen molar-refractivity contribution in [2.75, 3.05) is 0 Å². The van der Waals surface area contributed by atoms with Crippen LogP contribution >= 0.6 is 0 Å². The summed E-state index contributed by atoms with van der Waals surface area (Å²) in [6.45, 7) is 0. The van der Waals surface area contributed by atoms with Crippen LogP contribution in [0.1, 0.15) is 24.0 Å². The van der Waals surface area contributed by atoms with Gasteiger partial charge in [-0.1, -0.05) is 12.1 Å². The van der Waals surface area contributed by atoms with Crippen LogP contribution in [0.4, 0.5) is 0 Å². The summed E-state index contributed by atoms with van der Waals surface area (Å²) in [5, 5.41) is 2.51. The van der Waals surface area contributed by atoms with E-state index in [9.17, 15) is 0 Å². The minimum absolute atomic E-state index is 0.973. The Hall–Kier alpha value is -1.89. The smallest absolute Gasteiger partial charge is 0.207 e. The number of benzene rings is 2. The molecule has 4 rings (SSSR count). The largest absolute Gasteiger partial charge is 0.361 e. The molecule has 0 saturated carbocycles. The van der Waals surface area contributed by atoms with Gasteiger partial charge in [-0.2, -0.15) is 0 Å². The predicted molar refractivity (Wildman–Crippen MR) is 74.8 cm³/mol. The number of fused-ring (bicyclic) bond motifs is 4. The fourth-order valence-electron chi connectivity index (χ4n) is 3.05. The molecule has 0 N–H and O–H groups in total. The Balaban J connectivity index is 2.11. The number of para-hydroxylation sites is 1. The van der Waals surface area contributed by atoms with Crippen LogP contribution in [0.15, 0.2) is 46.9 Å². The molecule has 2 aromatic carbocycles. The van der Waals surface area contributed by atoms with Gasteiger partial charge in [-0.3, -0.25) is 0 Å². The average molecular weight is 235 g/mol. The van der Waals surface area contributed by atoms with Crippen LogP contribution in [0.2, 0.25) is 0 Å². The van der Waals surface area contributed by atoms with Crippen molar-refractivity contribution in [2.45, 2.75) is 25.7 Å². The summed E-state index contributed by atoms with van der Waals surface area (Å²) in [5.41, 5.74) is 5.02. The zero-order valence-electron chi connectivity index (χ0n) is 10.3. The maximum atomic E-state index is 6.01. The molecule has 1 heterocycles. The highest BCUT2D eigenvalue weighted by Gasteiger charge is 2.19. The van der Waals surface area contributed by atoms with Gasteiger partial charge in [0.05, 0.1) is 10.8 Å². The summed E-state index contributed by atoms with van der Waals surface area (Å²) >= 11 is 0. The second-order valence-corrected chi connectivity index (χ2v) is 5.11. The molecule has 0 amide bonds. The molecule has 0 saturated heterocycles. The Kier molecular flexibility index (Phi) is 2.13. The van der Waals surface area contributed by atoms with Crippen LogP contribution in [-0.2, 0) is 12.8 Å². The number of aryl methyl sites for hydroxylation is 2. The van der Waals surface area contributed by atoms with Crippen LogP contribution in [0.5, 0.6) is 0 Å². The van der Waals surface area contributed by atoms with Crippen molar-refractivity contribution in [2.24, 2.45) is 0 Å². The topological polar surface area (TPSA) is 11.3 Å². The highest BCUT2D eigenvalue weighted by molar-refractivity contribution is 5.92. The molecule has 0 aliphatic heterocycles. The quantitative estimate of drug-likeness (QED) is 0.404. The van der Waals surface area contributed by atoms with Gasteiger partial charge >= 0.3 is 11.2 Å². The zero-order chi connectivity index (χ0) is 11.9. The van der Waals surface area contributed by atoms with E-state index in [2.05, 4.69) is 30.3 Å². The van der Waals surface area contributed by atoms with E-state index in [0.717, 1.165) is 11.2 Å². The second-order valence-electron chi connectivity index (χ2n) is 5.11. The number of rotatable bonds is 0. The second kappa shape index (κ2) is 3.81. The van der Waals surface area contributed by atoms with Gasteiger partial charge < -0.3 is 0 Å². The number of hydrogen-bond acceptors (Lipinski definition) is 0. The molecule has 1 aliphatic rings. The first-order chi connectivity index (χ1) is 8.92. The van der Waals surface area contributed by atoms with Crippen LogP contribution in [-0.4, -0.2) is 0 Å². The molecule has 1 heteroatoms. The highest BCUT2D eigenvalue weighted by atomic mass is 16.3. The first kappa shape index (κ1) is 10.1. The maximum Gasteiger partial charge on any atom is 0.361 e. The van der Waals surface area contributed by atoms with E-state index < -0.39 is 0 Å². The third-order valence-electron chi connectivity index (χ3n) is 3.98. The average Bonchev–Trinajstić information content (AvgIpc) is 2.45. The van der Waals surface area contributed by atoms with Crippen LogP contribution in [0.25, 0.3) is 21.9 Å². The molecule has 0 radical (unpaired) electrons. The lowest BCUT2D eigenvalue weighted by Gasteiger charge is -2.15. The van der Waals surface area contributed by atoms with E-state index in [1.165, 1.54) is 47.6 Å². The SMILES string of the molecule is c1ccc2[o+]c3ccc4c(c3cc2c1)CCCC4. The number of hydrogen-bond donors (Lipinski definition) is 0. The zero-order valence-corrected chi connectivity index (χ0v) is 10.3. The van der Waals surface area contributed by atoms with Crippen molar-refractivity contribution in [1.29, 1.82) is 0 Å². The Morgan fingerprint density at radius 2 is 1.72 bits per heavy atom. The molecule has 0 atom stereocenters. The van der Waals surface area contributed by atoms with Gasteiger partial charge in [0.1, 0.15) is 0 Å². The molecular weight excluding hydrogens is 220 g/mol. The molecular formula is C17H15O+. The summed E-state index contributed by atoms with van der Waals surface area (Å²) in [7, 11) is 0. The van der Waals surface area contributed by atoms with Crippen LogP contribution < -0.4 is 0 Å². The lowest BCUT2D eigenvalue weighted by molar-refractivity contribution is 0.654. The van der Waals surface area contributed by atoms with Gasteiger partial charge in [-0.25, -0.2) is 4.42 Å². The van der Waals surface area contributed by atoms with Gasteiger partial charge in [0.25, 0.3) is 0 Å². The third-order valence-corrected chi connectivity index (χ3v) is 3.98. The monoisotopic (exact) mass is 235 g/mol. The van der Waals surface area contributed by atoms with Crippen molar-refractivity contribution in [1.82, 2.24) is 0 Å². The Bertz CT molecular complexity index is 743. The lowest BCUT2D eigenvalue weighted by Crippen LogP contribution is -2.02. The fraction of sp³-hybridized carbons (Fsp3) is 0.235. The lowest BCUT2D eigenvalue weighted by atomic mass is 9.89. The minimum Gasteiger partial charge on any atom is -0.207 e. The summed E-state index contributed by atoms with van der Waals surface area (Å²) in [5.74, 6) is 0. The minimum atomic E-state index is 0.973. The van der Waals surface area contributed by atoms with Crippen molar-refractivity contribution in [3.05, 3.63) is 53.6 Å². The van der Waals surface area contributed by atoms with E-state index >= 15 is 0 Å². The first-order valence-corrected chi connectivity index (χ1v) is 6.68. The molecule has 1 nitrogen and oxygen atoms in total. The fourth-order valence-corrected chi connectivity index (χ4v) is 3.05. The predicted octanol–water partition coefficient (Wildman–Crippen LogP) is 4.75. The molecule has 0 bridgehead atoms. The summed E-state index contributed by atoms with van der Waals surface area (Å²) in [6, 6.07) is 14.9. The van der Waals surface area contributed by atoms with Crippen LogP contribution in [0, 0.1) is 0 Å². The van der Waals surface area contributed by atoms with E-state index in [4.69, 9.17) is 4.42 Å². The normalized spacial score (nSPS) is 14.9. The molecule has 88 valence electrons. The summed E-state index contributed by atoms with van der Waals surface area (Å²) in [4.78, 5) is 0. The Morgan fingerprint density at radius 3 is 2.72 bits per heavy atom. The molecule has 0 fully saturated rings. The van der Waals surface area contributed by atoms with E-state index in [1.807, 2.05) is 12.1 Å². The van der Waals surface area contributed by atoms with Gasteiger partial charge in [-0.15, -0.1) is 0 Å². The molecule has 18 heavy (non-hydrogen) atoms. The molecule has 0 unspecified atom stereocenters. The molecule has 1 aliphatic carbocycles. The van der Waals surface area contributed by atoms with Gasteiger partial charge in [-0.05, 0) is 55.0 Å². The van der Waals surface area contributed by atoms with E-state index in [0.29, 0.717) is 0 Å². The van der Waals surface area contributed by atoms with Gasteiger partial charge in [0.2, 0.25) is 0 Å². The highest BCUT2D eigenvalue weighted by Crippen LogP contribution is 2.31. The van der Waals surface area contributed by atoms with E-state index in [-0.39, 0.29) is 0 Å². The van der Waals surface area contributed by atoms with Crippen molar-refractivity contribution >= 4 is 21.9 Å². The molecule has 1 aromatic heterocycles. The van der Waals surface area contributed by atoms with Crippen LogP contribution in [0.3, 0.4) is 0 Å². The molecule has 0 spiro atoms.